The number of hydrogen-bond donors (Lipinski definition) is 1. The zero-order valence-corrected chi connectivity index (χ0v) is 8.90. The lowest BCUT2D eigenvalue weighted by Crippen LogP contribution is -2.25. The molecule has 0 radical (unpaired) electrons. The molecule has 1 nitrogen and oxygen atoms in total. The van der Waals surface area contributed by atoms with Crippen LogP contribution in [-0.2, 0) is 6.54 Å². The van der Waals surface area contributed by atoms with Crippen molar-refractivity contribution in [2.24, 2.45) is 5.92 Å². The number of benzene rings is 1. The van der Waals surface area contributed by atoms with Crippen molar-refractivity contribution in [3.8, 4) is 0 Å². The Balaban J connectivity index is 2.40. The maximum Gasteiger partial charge on any atom is 0.0781 e. The van der Waals surface area contributed by atoms with E-state index in [4.69, 9.17) is 12.2 Å². The van der Waals surface area contributed by atoms with Crippen molar-refractivity contribution < 1.29 is 0 Å². The zero-order chi connectivity index (χ0) is 9.68. The Morgan fingerprint density at radius 3 is 2.46 bits per heavy atom. The van der Waals surface area contributed by atoms with Gasteiger partial charge in [0.05, 0.1) is 4.99 Å². The van der Waals surface area contributed by atoms with Crippen molar-refractivity contribution in [2.45, 2.75) is 20.4 Å². The number of rotatable bonds is 3. The lowest BCUT2D eigenvalue weighted by Gasteiger charge is -2.10. The van der Waals surface area contributed by atoms with Crippen LogP contribution in [0.15, 0.2) is 30.3 Å². The van der Waals surface area contributed by atoms with Gasteiger partial charge in [-0.05, 0) is 5.56 Å². The van der Waals surface area contributed by atoms with Crippen molar-refractivity contribution in [2.75, 3.05) is 0 Å². The molecule has 0 atom stereocenters. The first-order valence-corrected chi connectivity index (χ1v) is 4.92. The quantitative estimate of drug-likeness (QED) is 0.741. The second kappa shape index (κ2) is 4.97. The van der Waals surface area contributed by atoms with Crippen LogP contribution in [0, 0.1) is 5.92 Å². The van der Waals surface area contributed by atoms with Gasteiger partial charge >= 0.3 is 0 Å². The smallest absolute Gasteiger partial charge is 0.0781 e. The van der Waals surface area contributed by atoms with Crippen LogP contribution in [0.1, 0.15) is 19.4 Å². The molecule has 1 N–H and O–H groups in total. The lowest BCUT2D eigenvalue weighted by molar-refractivity contribution is 0.809. The van der Waals surface area contributed by atoms with E-state index in [0.717, 1.165) is 11.5 Å². The Morgan fingerprint density at radius 1 is 1.31 bits per heavy atom. The third-order valence-corrected chi connectivity index (χ3v) is 2.45. The summed E-state index contributed by atoms with van der Waals surface area (Å²) in [6, 6.07) is 10.3. The molecule has 2 heteroatoms. The molecule has 0 aliphatic heterocycles. The minimum Gasteiger partial charge on any atom is -0.375 e. The van der Waals surface area contributed by atoms with Gasteiger partial charge in [0, 0.05) is 12.5 Å². The molecule has 0 amide bonds. The van der Waals surface area contributed by atoms with E-state index in [1.165, 1.54) is 5.56 Å². The minimum atomic E-state index is 0.429. The van der Waals surface area contributed by atoms with E-state index in [0.29, 0.717) is 5.92 Å². The van der Waals surface area contributed by atoms with Crippen molar-refractivity contribution in [3.05, 3.63) is 35.9 Å². The van der Waals surface area contributed by atoms with Crippen LogP contribution in [0.3, 0.4) is 0 Å². The maximum atomic E-state index is 5.17. The molecule has 0 heterocycles. The first-order chi connectivity index (χ1) is 6.20. The van der Waals surface area contributed by atoms with E-state index in [9.17, 15) is 0 Å². The first kappa shape index (κ1) is 10.2. The highest BCUT2D eigenvalue weighted by Gasteiger charge is 2.00. The summed E-state index contributed by atoms with van der Waals surface area (Å²) in [6.45, 7) is 5.03. The van der Waals surface area contributed by atoms with E-state index in [1.807, 2.05) is 18.2 Å². The van der Waals surface area contributed by atoms with Gasteiger partial charge in [-0.3, -0.25) is 0 Å². The summed E-state index contributed by atoms with van der Waals surface area (Å²) in [4.78, 5) is 0.934. The fourth-order valence-electron chi connectivity index (χ4n) is 0.989. The van der Waals surface area contributed by atoms with Gasteiger partial charge in [-0.15, -0.1) is 0 Å². The van der Waals surface area contributed by atoms with Gasteiger partial charge < -0.3 is 5.32 Å². The molecule has 1 rings (SSSR count). The molecule has 1 aromatic rings. The van der Waals surface area contributed by atoms with E-state index >= 15 is 0 Å². The van der Waals surface area contributed by atoms with Gasteiger partial charge in [0.25, 0.3) is 0 Å². The van der Waals surface area contributed by atoms with Crippen LogP contribution in [0.25, 0.3) is 0 Å². The Kier molecular flexibility index (Phi) is 3.90. The van der Waals surface area contributed by atoms with E-state index in [1.54, 1.807) is 0 Å². The highest BCUT2D eigenvalue weighted by atomic mass is 32.1. The molecule has 0 saturated heterocycles. The molecule has 0 aliphatic carbocycles. The predicted octanol–water partition coefficient (Wildman–Crippen LogP) is 2.76. The fraction of sp³-hybridized carbons (Fsp3) is 0.364. The number of nitrogens with one attached hydrogen (secondary N) is 1. The Morgan fingerprint density at radius 2 is 1.92 bits per heavy atom. The van der Waals surface area contributed by atoms with Crippen LogP contribution in [-0.4, -0.2) is 4.99 Å². The first-order valence-electron chi connectivity index (χ1n) is 4.52. The maximum absolute atomic E-state index is 5.17. The normalized spacial score (nSPS) is 10.1. The summed E-state index contributed by atoms with van der Waals surface area (Å²) in [5.41, 5.74) is 1.27. The summed E-state index contributed by atoms with van der Waals surface area (Å²) < 4.78 is 0. The van der Waals surface area contributed by atoms with Crippen molar-refractivity contribution in [1.29, 1.82) is 0 Å². The average Bonchev–Trinajstić information content (AvgIpc) is 2.15. The Bertz CT molecular complexity index is 267. The Hall–Kier alpha value is -0.890. The van der Waals surface area contributed by atoms with Gasteiger partial charge in [0.15, 0.2) is 0 Å². The molecule has 0 aliphatic rings. The van der Waals surface area contributed by atoms with Crippen molar-refractivity contribution in [3.63, 3.8) is 0 Å². The monoisotopic (exact) mass is 193 g/mol. The highest BCUT2D eigenvalue weighted by Crippen LogP contribution is 1.99. The Labute approximate surface area is 85.2 Å². The minimum absolute atomic E-state index is 0.429. The summed E-state index contributed by atoms with van der Waals surface area (Å²) in [5, 5.41) is 3.23. The van der Waals surface area contributed by atoms with Crippen LogP contribution >= 0.6 is 12.2 Å². The molecular formula is C11H15NS. The summed E-state index contributed by atoms with van der Waals surface area (Å²) >= 11 is 5.17. The molecule has 13 heavy (non-hydrogen) atoms. The third-order valence-electron chi connectivity index (χ3n) is 1.83. The second-order valence-electron chi connectivity index (χ2n) is 3.36. The zero-order valence-electron chi connectivity index (χ0n) is 8.08. The summed E-state index contributed by atoms with van der Waals surface area (Å²) in [5.74, 6) is 0.429. The lowest BCUT2D eigenvalue weighted by atomic mass is 10.2. The molecule has 0 saturated carbocycles. The van der Waals surface area contributed by atoms with Crippen LogP contribution in [0.4, 0.5) is 0 Å². The topological polar surface area (TPSA) is 12.0 Å². The molecule has 0 aromatic heterocycles. The molecule has 0 bridgehead atoms. The third kappa shape index (κ3) is 3.55. The van der Waals surface area contributed by atoms with Crippen LogP contribution in [0.5, 0.6) is 0 Å². The molecule has 70 valence electrons. The fourth-order valence-corrected chi connectivity index (χ4v) is 1.06. The van der Waals surface area contributed by atoms with Gasteiger partial charge in [-0.1, -0.05) is 56.4 Å². The average molecular weight is 193 g/mol. The second-order valence-corrected chi connectivity index (χ2v) is 3.80. The molecular weight excluding hydrogens is 178 g/mol. The van der Waals surface area contributed by atoms with Crippen LogP contribution in [0.2, 0.25) is 0 Å². The van der Waals surface area contributed by atoms with E-state index in [2.05, 4.69) is 31.3 Å². The van der Waals surface area contributed by atoms with E-state index < -0.39 is 0 Å². The summed E-state index contributed by atoms with van der Waals surface area (Å²) in [6.07, 6.45) is 0. The van der Waals surface area contributed by atoms with Crippen molar-refractivity contribution in [1.82, 2.24) is 5.32 Å². The molecule has 1 aromatic carbocycles. The van der Waals surface area contributed by atoms with Gasteiger partial charge in [0.2, 0.25) is 0 Å². The van der Waals surface area contributed by atoms with E-state index in [-0.39, 0.29) is 0 Å². The summed E-state index contributed by atoms with van der Waals surface area (Å²) in [7, 11) is 0. The van der Waals surface area contributed by atoms with Gasteiger partial charge in [0.1, 0.15) is 0 Å². The van der Waals surface area contributed by atoms with Gasteiger partial charge in [-0.2, -0.15) is 0 Å². The highest BCUT2D eigenvalue weighted by molar-refractivity contribution is 7.80. The van der Waals surface area contributed by atoms with Crippen LogP contribution < -0.4 is 5.32 Å². The predicted molar refractivity (Wildman–Crippen MR) is 60.7 cm³/mol. The number of hydrogen-bond acceptors (Lipinski definition) is 1. The molecule has 0 unspecified atom stereocenters. The standard InChI is InChI=1S/C11H15NS/c1-9(2)11(13)12-8-10-6-4-3-5-7-10/h3-7,9H,8H2,1-2H3,(H,12,13). The largest absolute Gasteiger partial charge is 0.375 e. The molecule has 0 spiro atoms. The number of thiocarbonyl (C=S) groups is 1. The van der Waals surface area contributed by atoms with Gasteiger partial charge in [-0.25, -0.2) is 0 Å². The SMILES string of the molecule is CC(C)C(=S)NCc1ccccc1. The van der Waals surface area contributed by atoms with Crippen molar-refractivity contribution >= 4 is 17.2 Å². The molecule has 0 fully saturated rings.